The van der Waals surface area contributed by atoms with Crippen molar-refractivity contribution < 1.29 is 9.84 Å². The molecule has 0 unspecified atom stereocenters. The van der Waals surface area contributed by atoms with Crippen LogP contribution in [0.5, 0.6) is 0 Å². The van der Waals surface area contributed by atoms with E-state index >= 15 is 0 Å². The van der Waals surface area contributed by atoms with Crippen LogP contribution in [0.2, 0.25) is 0 Å². The van der Waals surface area contributed by atoms with E-state index < -0.39 is 22.8 Å². The molecule has 4 N–H and O–H groups in total. The highest BCUT2D eigenvalue weighted by atomic mass is 32.1. The summed E-state index contributed by atoms with van der Waals surface area (Å²) in [6.07, 6.45) is -0.562. The highest BCUT2D eigenvalue weighted by molar-refractivity contribution is 7.16. The van der Waals surface area contributed by atoms with Crippen LogP contribution in [0.3, 0.4) is 0 Å². The van der Waals surface area contributed by atoms with Crippen molar-refractivity contribution in [1.29, 1.82) is 0 Å². The van der Waals surface area contributed by atoms with Gasteiger partial charge in [0.1, 0.15) is 10.8 Å². The maximum absolute atomic E-state index is 12.1. The van der Waals surface area contributed by atoms with Crippen molar-refractivity contribution in [3.8, 4) is 0 Å². The summed E-state index contributed by atoms with van der Waals surface area (Å²) in [6.45, 7) is 1.94. The van der Waals surface area contributed by atoms with E-state index in [2.05, 4.69) is 9.97 Å². The number of anilines is 1. The zero-order valence-corrected chi connectivity index (χ0v) is 11.5. The number of nitrogen functional groups attached to an aromatic ring is 1. The summed E-state index contributed by atoms with van der Waals surface area (Å²) < 4.78 is 7.06. The van der Waals surface area contributed by atoms with Crippen LogP contribution in [0, 0.1) is 0 Å². The largest absolute Gasteiger partial charge is 0.388 e. The second kappa shape index (κ2) is 4.69. The van der Waals surface area contributed by atoms with E-state index in [0.717, 1.165) is 17.8 Å². The average molecular weight is 298 g/mol. The lowest BCUT2D eigenvalue weighted by atomic mass is 10.1. The summed E-state index contributed by atoms with van der Waals surface area (Å²) >= 11 is 0.766. The number of aliphatic hydroxyl groups excluding tert-OH is 1. The molecule has 0 radical (unpaired) electrons. The Hall–Kier alpha value is -1.71. The summed E-state index contributed by atoms with van der Waals surface area (Å²) in [5, 5.41) is 10.1. The Balaban J connectivity index is 2.19. The molecule has 0 saturated carbocycles. The van der Waals surface area contributed by atoms with E-state index in [0.29, 0.717) is 6.42 Å². The van der Waals surface area contributed by atoms with Crippen molar-refractivity contribution in [3.63, 3.8) is 0 Å². The molecule has 1 aliphatic rings. The monoisotopic (exact) mass is 298 g/mol. The van der Waals surface area contributed by atoms with Crippen LogP contribution in [0.15, 0.2) is 9.59 Å². The molecule has 3 rings (SSSR count). The molecule has 2 aromatic rings. The van der Waals surface area contributed by atoms with E-state index in [9.17, 15) is 14.7 Å². The Morgan fingerprint density at radius 1 is 1.60 bits per heavy atom. The first-order chi connectivity index (χ1) is 9.51. The zero-order chi connectivity index (χ0) is 14.4. The van der Waals surface area contributed by atoms with Gasteiger partial charge < -0.3 is 15.6 Å². The number of rotatable bonds is 2. The van der Waals surface area contributed by atoms with Gasteiger partial charge in [0, 0.05) is 6.42 Å². The van der Waals surface area contributed by atoms with Crippen molar-refractivity contribution in [2.45, 2.75) is 38.2 Å². The fraction of sp³-hybridized carbons (Fsp3) is 0.545. The molecule has 108 valence electrons. The lowest BCUT2D eigenvalue weighted by molar-refractivity contribution is -0.0364. The van der Waals surface area contributed by atoms with Gasteiger partial charge in [-0.3, -0.25) is 19.1 Å². The van der Waals surface area contributed by atoms with Crippen LogP contribution in [0.1, 0.15) is 26.0 Å². The predicted molar refractivity (Wildman–Crippen MR) is 73.7 cm³/mol. The van der Waals surface area contributed by atoms with Crippen molar-refractivity contribution in [1.82, 2.24) is 14.5 Å². The number of aromatic amines is 1. The third-order valence-corrected chi connectivity index (χ3v) is 4.31. The van der Waals surface area contributed by atoms with Gasteiger partial charge >= 0.3 is 4.87 Å². The molecule has 0 amide bonds. The van der Waals surface area contributed by atoms with E-state index in [4.69, 9.17) is 10.5 Å². The number of aliphatic hydroxyl groups is 1. The standard InChI is InChI=1S/C11H14N4O4S/c1-2-4-3-5(16)9(19-4)15-7-6(20-11(15)18)8(17)14-10(12)13-7/h4-5,9,16H,2-3H2,1H3,(H3,12,13,14,17)/t4-,5-,9-/m1/s1. The van der Waals surface area contributed by atoms with Gasteiger partial charge in [0.2, 0.25) is 5.95 Å². The van der Waals surface area contributed by atoms with Gasteiger partial charge in [-0.25, -0.2) is 0 Å². The molecule has 8 nitrogen and oxygen atoms in total. The number of hydrogen-bond donors (Lipinski definition) is 3. The number of aromatic nitrogens is 3. The minimum absolute atomic E-state index is 0.0754. The fourth-order valence-corrected chi connectivity index (χ4v) is 3.24. The highest BCUT2D eigenvalue weighted by Crippen LogP contribution is 2.31. The smallest absolute Gasteiger partial charge is 0.311 e. The number of hydrogen-bond acceptors (Lipinski definition) is 7. The lowest BCUT2D eigenvalue weighted by Gasteiger charge is -2.15. The van der Waals surface area contributed by atoms with Crippen LogP contribution in [-0.4, -0.2) is 31.8 Å². The van der Waals surface area contributed by atoms with Crippen molar-refractivity contribution in [2.75, 3.05) is 5.73 Å². The van der Waals surface area contributed by atoms with Gasteiger partial charge in [-0.1, -0.05) is 18.3 Å². The SMILES string of the molecule is CC[C@@H]1C[C@@H](O)[C@H](n2c(=O)sc3c(=O)[nH]c(N)nc32)O1. The van der Waals surface area contributed by atoms with Crippen molar-refractivity contribution in [3.05, 3.63) is 20.0 Å². The minimum Gasteiger partial charge on any atom is -0.388 e. The molecule has 0 spiro atoms. The Bertz CT molecular complexity index is 764. The van der Waals surface area contributed by atoms with E-state index in [1.807, 2.05) is 6.92 Å². The first-order valence-corrected chi connectivity index (χ1v) is 7.07. The van der Waals surface area contributed by atoms with Gasteiger partial charge in [-0.2, -0.15) is 4.98 Å². The van der Waals surface area contributed by atoms with Gasteiger partial charge in [-0.15, -0.1) is 0 Å². The van der Waals surface area contributed by atoms with Crippen LogP contribution >= 0.6 is 11.3 Å². The molecule has 2 aromatic heterocycles. The zero-order valence-electron chi connectivity index (χ0n) is 10.7. The third kappa shape index (κ3) is 1.94. The summed E-state index contributed by atoms with van der Waals surface area (Å²) in [4.78, 5) is 29.8. The number of nitrogens with zero attached hydrogens (tertiary/aromatic N) is 2. The Labute approximate surface area is 116 Å². The van der Waals surface area contributed by atoms with Gasteiger partial charge in [0.05, 0.1) is 6.10 Å². The summed E-state index contributed by atoms with van der Waals surface area (Å²) in [6, 6.07) is 0. The minimum atomic E-state index is -0.824. The topological polar surface area (TPSA) is 123 Å². The van der Waals surface area contributed by atoms with E-state index in [-0.39, 0.29) is 22.4 Å². The maximum atomic E-state index is 12.1. The number of fused-ring (bicyclic) bond motifs is 1. The lowest BCUT2D eigenvalue weighted by Crippen LogP contribution is -2.27. The summed E-state index contributed by atoms with van der Waals surface area (Å²) in [5.41, 5.74) is 5.20. The highest BCUT2D eigenvalue weighted by Gasteiger charge is 2.36. The van der Waals surface area contributed by atoms with Crippen molar-refractivity contribution >= 4 is 27.6 Å². The van der Waals surface area contributed by atoms with Crippen molar-refractivity contribution in [2.24, 2.45) is 0 Å². The molecule has 3 heterocycles. The predicted octanol–water partition coefficient (Wildman–Crippen LogP) is -0.213. The number of thiazole rings is 1. The number of nitrogens with two attached hydrogens (primary N) is 1. The maximum Gasteiger partial charge on any atom is 0.311 e. The van der Waals surface area contributed by atoms with E-state index in [1.54, 1.807) is 0 Å². The van der Waals surface area contributed by atoms with Gasteiger partial charge in [0.25, 0.3) is 5.56 Å². The normalized spacial score (nSPS) is 26.4. The number of H-pyrrole nitrogens is 1. The fourth-order valence-electron chi connectivity index (χ4n) is 2.40. The van der Waals surface area contributed by atoms with Gasteiger partial charge in [0.15, 0.2) is 11.9 Å². The second-order valence-corrected chi connectivity index (χ2v) is 5.66. The van der Waals surface area contributed by atoms with Crippen LogP contribution in [-0.2, 0) is 4.74 Å². The third-order valence-electron chi connectivity index (χ3n) is 3.37. The summed E-state index contributed by atoms with van der Waals surface area (Å²) in [7, 11) is 0. The summed E-state index contributed by atoms with van der Waals surface area (Å²) in [5.74, 6) is -0.0754. The quantitative estimate of drug-likeness (QED) is 0.704. The molecule has 3 atom stereocenters. The molecule has 1 aliphatic heterocycles. The average Bonchev–Trinajstić information content (AvgIpc) is 2.89. The first-order valence-electron chi connectivity index (χ1n) is 6.25. The number of nitrogens with one attached hydrogen (secondary N) is 1. The Morgan fingerprint density at radius 2 is 2.35 bits per heavy atom. The molecule has 1 fully saturated rings. The molecular weight excluding hydrogens is 284 g/mol. The van der Waals surface area contributed by atoms with E-state index in [1.165, 1.54) is 4.57 Å². The Kier molecular flexibility index (Phi) is 3.11. The molecular formula is C11H14N4O4S. The van der Waals surface area contributed by atoms with Crippen LogP contribution in [0.4, 0.5) is 5.95 Å². The van der Waals surface area contributed by atoms with Gasteiger partial charge in [-0.05, 0) is 6.42 Å². The molecule has 0 aromatic carbocycles. The Morgan fingerprint density at radius 3 is 3.00 bits per heavy atom. The molecule has 0 bridgehead atoms. The molecule has 1 saturated heterocycles. The molecule has 20 heavy (non-hydrogen) atoms. The number of ether oxygens (including phenoxy) is 1. The second-order valence-electron chi connectivity index (χ2n) is 4.70. The first kappa shape index (κ1) is 13.3. The molecule has 9 heteroatoms. The van der Waals surface area contributed by atoms with Crippen LogP contribution in [0.25, 0.3) is 10.3 Å². The van der Waals surface area contributed by atoms with Crippen LogP contribution < -0.4 is 16.2 Å². The molecule has 0 aliphatic carbocycles.